The van der Waals surface area contributed by atoms with Crippen LogP contribution < -0.4 is 5.48 Å². The zero-order chi connectivity index (χ0) is 11.3. The molecule has 2 unspecified atom stereocenters. The van der Waals surface area contributed by atoms with Crippen LogP contribution in [0.15, 0.2) is 0 Å². The van der Waals surface area contributed by atoms with Crippen molar-refractivity contribution in [1.82, 2.24) is 5.48 Å². The molecule has 1 aliphatic carbocycles. The van der Waals surface area contributed by atoms with Crippen molar-refractivity contribution < 1.29 is 18.0 Å². The molecule has 1 rings (SSSR count). The maximum absolute atomic E-state index is 11.8. The van der Waals surface area contributed by atoms with E-state index in [0.29, 0.717) is 5.92 Å². The van der Waals surface area contributed by atoms with E-state index < -0.39 is 12.8 Å². The Hall–Kier alpha value is -0.290. The summed E-state index contributed by atoms with van der Waals surface area (Å²) < 4.78 is 35.4. The molecule has 0 heterocycles. The normalized spacial score (nSPS) is 28.0. The largest absolute Gasteiger partial charge is 0.413 e. The molecule has 0 spiro atoms. The summed E-state index contributed by atoms with van der Waals surface area (Å²) in [4.78, 5) is 4.46. The minimum absolute atomic E-state index is 0.0889. The van der Waals surface area contributed by atoms with Crippen LogP contribution in [-0.4, -0.2) is 18.8 Å². The van der Waals surface area contributed by atoms with Gasteiger partial charge in [0.05, 0.1) is 0 Å². The summed E-state index contributed by atoms with van der Waals surface area (Å²) in [6.07, 6.45) is 0.950. The molecule has 2 atom stereocenters. The number of halogens is 3. The molecular formula is C10H18F3NO. The average Bonchev–Trinajstić information content (AvgIpc) is 2.16. The molecule has 0 bridgehead atoms. The van der Waals surface area contributed by atoms with Crippen LogP contribution in [0.5, 0.6) is 0 Å². The van der Waals surface area contributed by atoms with Gasteiger partial charge < -0.3 is 0 Å². The molecule has 0 aromatic carbocycles. The van der Waals surface area contributed by atoms with Crippen LogP contribution in [0.2, 0.25) is 0 Å². The van der Waals surface area contributed by atoms with Crippen molar-refractivity contribution in [2.24, 2.45) is 5.92 Å². The number of hydrogen-bond acceptors (Lipinski definition) is 2. The van der Waals surface area contributed by atoms with Crippen LogP contribution in [0.1, 0.15) is 39.0 Å². The average molecular weight is 225 g/mol. The van der Waals surface area contributed by atoms with Crippen LogP contribution in [0.4, 0.5) is 13.2 Å². The van der Waals surface area contributed by atoms with Gasteiger partial charge in [-0.15, -0.1) is 0 Å². The van der Waals surface area contributed by atoms with Gasteiger partial charge in [0.15, 0.2) is 6.61 Å². The molecule has 15 heavy (non-hydrogen) atoms. The van der Waals surface area contributed by atoms with E-state index >= 15 is 0 Å². The van der Waals surface area contributed by atoms with E-state index in [0.717, 1.165) is 25.7 Å². The van der Waals surface area contributed by atoms with Crippen molar-refractivity contribution in [2.45, 2.75) is 51.2 Å². The second-order valence-electron chi connectivity index (χ2n) is 4.16. The first-order valence-corrected chi connectivity index (χ1v) is 5.45. The molecule has 2 nitrogen and oxygen atoms in total. The van der Waals surface area contributed by atoms with Gasteiger partial charge in [0.2, 0.25) is 0 Å². The van der Waals surface area contributed by atoms with Gasteiger partial charge >= 0.3 is 6.18 Å². The van der Waals surface area contributed by atoms with Crippen LogP contribution in [-0.2, 0) is 4.84 Å². The third kappa shape index (κ3) is 5.37. The quantitative estimate of drug-likeness (QED) is 0.742. The summed E-state index contributed by atoms with van der Waals surface area (Å²) >= 11 is 0. The lowest BCUT2D eigenvalue weighted by atomic mass is 9.85. The van der Waals surface area contributed by atoms with Crippen molar-refractivity contribution >= 4 is 0 Å². The molecule has 1 aliphatic rings. The van der Waals surface area contributed by atoms with Gasteiger partial charge in [-0.05, 0) is 18.8 Å². The van der Waals surface area contributed by atoms with Crippen molar-refractivity contribution in [3.05, 3.63) is 0 Å². The number of rotatable bonds is 4. The highest BCUT2D eigenvalue weighted by Crippen LogP contribution is 2.26. The maximum atomic E-state index is 11.8. The molecule has 1 saturated carbocycles. The summed E-state index contributed by atoms with van der Waals surface area (Å²) in [5, 5.41) is 0. The molecule has 0 aliphatic heterocycles. The Balaban J connectivity index is 2.15. The smallest absolute Gasteiger partial charge is 0.292 e. The fraction of sp³-hybridized carbons (Fsp3) is 1.00. The topological polar surface area (TPSA) is 21.3 Å². The van der Waals surface area contributed by atoms with Gasteiger partial charge in [-0.25, -0.2) is 0 Å². The minimum Gasteiger partial charge on any atom is -0.292 e. The molecule has 0 radical (unpaired) electrons. The van der Waals surface area contributed by atoms with E-state index in [9.17, 15) is 13.2 Å². The Morgan fingerprint density at radius 3 is 2.67 bits per heavy atom. The Bertz CT molecular complexity index is 184. The Morgan fingerprint density at radius 2 is 2.07 bits per heavy atom. The van der Waals surface area contributed by atoms with Crippen LogP contribution in [0, 0.1) is 5.92 Å². The molecule has 5 heteroatoms. The molecule has 0 aromatic heterocycles. The molecule has 1 fully saturated rings. The zero-order valence-corrected chi connectivity index (χ0v) is 8.94. The second-order valence-corrected chi connectivity index (χ2v) is 4.16. The van der Waals surface area contributed by atoms with Crippen molar-refractivity contribution in [3.63, 3.8) is 0 Å². The Labute approximate surface area is 88.1 Å². The molecule has 0 aromatic rings. The van der Waals surface area contributed by atoms with Gasteiger partial charge in [0, 0.05) is 6.04 Å². The molecular weight excluding hydrogens is 207 g/mol. The Kier molecular flexibility index (Phi) is 4.86. The molecule has 0 amide bonds. The number of nitrogens with one attached hydrogen (secondary N) is 1. The third-order valence-corrected chi connectivity index (χ3v) is 2.85. The summed E-state index contributed by atoms with van der Waals surface area (Å²) in [6, 6.07) is 0.0889. The van der Waals surface area contributed by atoms with E-state index in [-0.39, 0.29) is 6.04 Å². The summed E-state index contributed by atoms with van der Waals surface area (Å²) in [6.45, 7) is 0.907. The van der Waals surface area contributed by atoms with Crippen LogP contribution in [0.25, 0.3) is 0 Å². The van der Waals surface area contributed by atoms with Gasteiger partial charge in [-0.3, -0.25) is 4.84 Å². The predicted octanol–water partition coefficient (Wildman–Crippen LogP) is 3.04. The highest BCUT2D eigenvalue weighted by Gasteiger charge is 2.29. The number of hydroxylamine groups is 1. The fourth-order valence-electron chi connectivity index (χ4n) is 2.01. The van der Waals surface area contributed by atoms with Crippen molar-refractivity contribution in [1.29, 1.82) is 0 Å². The third-order valence-electron chi connectivity index (χ3n) is 2.85. The lowest BCUT2D eigenvalue weighted by Crippen LogP contribution is -2.36. The van der Waals surface area contributed by atoms with E-state index in [4.69, 9.17) is 0 Å². The molecule has 0 saturated heterocycles. The monoisotopic (exact) mass is 225 g/mol. The molecule has 1 N–H and O–H groups in total. The van der Waals surface area contributed by atoms with Gasteiger partial charge in [-0.2, -0.15) is 18.7 Å². The Morgan fingerprint density at radius 1 is 1.33 bits per heavy atom. The summed E-state index contributed by atoms with van der Waals surface area (Å²) in [7, 11) is 0. The SMILES string of the molecule is CCC1CCCC(NOCC(F)(F)F)C1. The van der Waals surface area contributed by atoms with Crippen LogP contribution >= 0.6 is 0 Å². The lowest BCUT2D eigenvalue weighted by Gasteiger charge is -2.28. The first-order valence-electron chi connectivity index (χ1n) is 5.45. The summed E-state index contributed by atoms with van der Waals surface area (Å²) in [5.41, 5.74) is 2.52. The fourth-order valence-corrected chi connectivity index (χ4v) is 2.01. The van der Waals surface area contributed by atoms with Crippen LogP contribution in [0.3, 0.4) is 0 Å². The highest BCUT2D eigenvalue weighted by molar-refractivity contribution is 4.74. The number of hydrogen-bond donors (Lipinski definition) is 1. The number of alkyl halides is 3. The predicted molar refractivity (Wildman–Crippen MR) is 51.2 cm³/mol. The van der Waals surface area contributed by atoms with E-state index in [2.05, 4.69) is 17.2 Å². The first kappa shape index (κ1) is 12.8. The van der Waals surface area contributed by atoms with Crippen molar-refractivity contribution in [2.75, 3.05) is 6.61 Å². The van der Waals surface area contributed by atoms with E-state index in [1.165, 1.54) is 6.42 Å². The molecule has 90 valence electrons. The van der Waals surface area contributed by atoms with E-state index in [1.807, 2.05) is 0 Å². The lowest BCUT2D eigenvalue weighted by molar-refractivity contribution is -0.194. The standard InChI is InChI=1S/C10H18F3NO/c1-2-8-4-3-5-9(6-8)14-15-7-10(11,12)13/h8-9,14H,2-7H2,1H3. The zero-order valence-electron chi connectivity index (χ0n) is 8.94. The second kappa shape index (κ2) is 5.70. The first-order chi connectivity index (χ1) is 7.01. The van der Waals surface area contributed by atoms with Gasteiger partial charge in [0.1, 0.15) is 0 Å². The minimum atomic E-state index is -4.24. The van der Waals surface area contributed by atoms with Gasteiger partial charge in [0.25, 0.3) is 0 Å². The van der Waals surface area contributed by atoms with E-state index in [1.54, 1.807) is 0 Å². The highest BCUT2D eigenvalue weighted by atomic mass is 19.4. The van der Waals surface area contributed by atoms with Gasteiger partial charge in [-0.1, -0.05) is 26.2 Å². The maximum Gasteiger partial charge on any atom is 0.413 e. The summed E-state index contributed by atoms with van der Waals surface area (Å²) in [5.74, 6) is 0.630. The van der Waals surface area contributed by atoms with Crippen molar-refractivity contribution in [3.8, 4) is 0 Å².